The summed E-state index contributed by atoms with van der Waals surface area (Å²) in [6, 6.07) is 10.1. The Morgan fingerprint density at radius 1 is 1.22 bits per heavy atom. The van der Waals surface area contributed by atoms with Crippen LogP contribution in [0.25, 0.3) is 5.69 Å². The number of nitrogens with zero attached hydrogens (tertiary/aromatic N) is 3. The van der Waals surface area contributed by atoms with E-state index in [-0.39, 0.29) is 5.91 Å². The van der Waals surface area contributed by atoms with Crippen LogP contribution in [0.3, 0.4) is 0 Å². The number of hydrogen-bond donors (Lipinski definition) is 1. The van der Waals surface area contributed by atoms with Gasteiger partial charge in [0.1, 0.15) is 0 Å². The standard InChI is InChI=1S/C21H24N4OS/c1-15-14-27-19(23-15)12-5-6-13-22-21(26)20-17-10-7-11-18(17)25(24-20)16-8-3-2-4-9-16/h2-4,8-9,14H,5-7,10-13H2,1H3,(H,22,26). The van der Waals surface area contributed by atoms with Crippen molar-refractivity contribution in [1.29, 1.82) is 0 Å². The van der Waals surface area contributed by atoms with Crippen LogP contribution in [0.2, 0.25) is 0 Å². The van der Waals surface area contributed by atoms with Crippen LogP contribution in [0.1, 0.15) is 51.7 Å². The average molecular weight is 381 g/mol. The van der Waals surface area contributed by atoms with Crippen molar-refractivity contribution in [2.75, 3.05) is 6.54 Å². The Morgan fingerprint density at radius 3 is 2.85 bits per heavy atom. The highest BCUT2D eigenvalue weighted by Gasteiger charge is 2.26. The Bertz CT molecular complexity index is 929. The van der Waals surface area contributed by atoms with Crippen molar-refractivity contribution in [2.24, 2.45) is 0 Å². The van der Waals surface area contributed by atoms with Gasteiger partial charge in [0, 0.05) is 28.9 Å². The average Bonchev–Trinajstić information content (AvgIpc) is 3.38. The molecular weight excluding hydrogens is 356 g/mol. The van der Waals surface area contributed by atoms with Crippen LogP contribution in [-0.4, -0.2) is 27.2 Å². The molecule has 1 aliphatic carbocycles. The normalized spacial score (nSPS) is 12.9. The number of hydrogen-bond acceptors (Lipinski definition) is 4. The zero-order valence-corrected chi connectivity index (χ0v) is 16.4. The molecule has 0 atom stereocenters. The molecule has 1 aliphatic rings. The lowest BCUT2D eigenvalue weighted by Crippen LogP contribution is -2.26. The number of amides is 1. The topological polar surface area (TPSA) is 59.8 Å². The van der Waals surface area contributed by atoms with Gasteiger partial charge in [-0.25, -0.2) is 9.67 Å². The summed E-state index contributed by atoms with van der Waals surface area (Å²) in [6.45, 7) is 2.70. The molecule has 0 fully saturated rings. The maximum absolute atomic E-state index is 12.7. The predicted molar refractivity (Wildman–Crippen MR) is 108 cm³/mol. The monoisotopic (exact) mass is 380 g/mol. The van der Waals surface area contributed by atoms with Gasteiger partial charge in [-0.2, -0.15) is 5.10 Å². The number of carbonyl (C=O) groups excluding carboxylic acids is 1. The molecular formula is C21H24N4OS. The van der Waals surface area contributed by atoms with E-state index in [4.69, 9.17) is 0 Å². The van der Waals surface area contributed by atoms with Crippen molar-refractivity contribution in [3.63, 3.8) is 0 Å². The first-order valence-corrected chi connectivity index (χ1v) is 10.5. The molecule has 0 saturated carbocycles. The number of thiazole rings is 1. The molecule has 4 rings (SSSR count). The van der Waals surface area contributed by atoms with Crippen LogP contribution in [0.5, 0.6) is 0 Å². The van der Waals surface area contributed by atoms with E-state index in [1.54, 1.807) is 11.3 Å². The third-order valence-electron chi connectivity index (χ3n) is 4.92. The van der Waals surface area contributed by atoms with Crippen molar-refractivity contribution in [2.45, 2.75) is 45.4 Å². The predicted octanol–water partition coefficient (Wildman–Crippen LogP) is 3.88. The summed E-state index contributed by atoms with van der Waals surface area (Å²) in [5, 5.41) is 11.0. The maximum atomic E-state index is 12.7. The van der Waals surface area contributed by atoms with Crippen LogP contribution in [0, 0.1) is 6.92 Å². The fourth-order valence-electron chi connectivity index (χ4n) is 3.61. The Kier molecular flexibility index (Phi) is 5.34. The molecule has 2 aromatic heterocycles. The smallest absolute Gasteiger partial charge is 0.272 e. The highest BCUT2D eigenvalue weighted by atomic mass is 32.1. The SMILES string of the molecule is Cc1csc(CCCCNC(=O)c2nn(-c3ccccc3)c3c2CCC3)n1. The van der Waals surface area contributed by atoms with Gasteiger partial charge in [-0.15, -0.1) is 11.3 Å². The molecule has 1 aromatic carbocycles. The van der Waals surface area contributed by atoms with Gasteiger partial charge in [0.15, 0.2) is 5.69 Å². The van der Waals surface area contributed by atoms with Gasteiger partial charge in [-0.3, -0.25) is 4.79 Å². The maximum Gasteiger partial charge on any atom is 0.272 e. The number of aromatic nitrogens is 3. The minimum Gasteiger partial charge on any atom is -0.351 e. The van der Waals surface area contributed by atoms with E-state index in [9.17, 15) is 4.79 Å². The molecule has 27 heavy (non-hydrogen) atoms. The Balaban J connectivity index is 1.36. The fourth-order valence-corrected chi connectivity index (χ4v) is 4.43. The third kappa shape index (κ3) is 3.95. The molecule has 0 saturated heterocycles. The number of para-hydroxylation sites is 1. The highest BCUT2D eigenvalue weighted by Crippen LogP contribution is 2.27. The first kappa shape index (κ1) is 17.9. The van der Waals surface area contributed by atoms with Crippen molar-refractivity contribution in [1.82, 2.24) is 20.1 Å². The number of unbranched alkanes of at least 4 members (excludes halogenated alkanes) is 1. The molecule has 1 N–H and O–H groups in total. The second kappa shape index (κ2) is 8.05. The van der Waals surface area contributed by atoms with E-state index in [2.05, 4.69) is 20.8 Å². The molecule has 1 amide bonds. The summed E-state index contributed by atoms with van der Waals surface area (Å²) in [4.78, 5) is 17.2. The largest absolute Gasteiger partial charge is 0.351 e. The highest BCUT2D eigenvalue weighted by molar-refractivity contribution is 7.09. The van der Waals surface area contributed by atoms with Gasteiger partial charge in [-0.05, 0) is 57.6 Å². The van der Waals surface area contributed by atoms with Crippen molar-refractivity contribution < 1.29 is 4.79 Å². The summed E-state index contributed by atoms with van der Waals surface area (Å²) in [7, 11) is 0. The van der Waals surface area contributed by atoms with Crippen LogP contribution in [0.15, 0.2) is 35.7 Å². The quantitative estimate of drug-likeness (QED) is 0.633. The summed E-state index contributed by atoms with van der Waals surface area (Å²) >= 11 is 1.71. The zero-order valence-electron chi connectivity index (χ0n) is 15.6. The molecule has 2 heterocycles. The summed E-state index contributed by atoms with van der Waals surface area (Å²) in [5.41, 5.74) is 5.02. The second-order valence-corrected chi connectivity index (χ2v) is 7.91. The van der Waals surface area contributed by atoms with Crippen LogP contribution in [-0.2, 0) is 19.3 Å². The van der Waals surface area contributed by atoms with Crippen LogP contribution >= 0.6 is 11.3 Å². The molecule has 0 spiro atoms. The van der Waals surface area contributed by atoms with E-state index in [1.165, 1.54) is 10.7 Å². The summed E-state index contributed by atoms with van der Waals surface area (Å²) in [5.74, 6) is -0.0482. The summed E-state index contributed by atoms with van der Waals surface area (Å²) in [6.07, 6.45) is 5.97. The molecule has 0 unspecified atom stereocenters. The Hall–Kier alpha value is -2.47. The molecule has 140 valence electrons. The number of fused-ring (bicyclic) bond motifs is 1. The van der Waals surface area contributed by atoms with E-state index in [0.717, 1.165) is 55.5 Å². The number of aryl methyl sites for hydroxylation is 2. The van der Waals surface area contributed by atoms with Crippen molar-refractivity contribution >= 4 is 17.2 Å². The number of nitrogens with one attached hydrogen (secondary N) is 1. The third-order valence-corrected chi connectivity index (χ3v) is 5.94. The fraction of sp³-hybridized carbons (Fsp3) is 0.381. The van der Waals surface area contributed by atoms with Gasteiger partial charge >= 0.3 is 0 Å². The number of benzene rings is 1. The lowest BCUT2D eigenvalue weighted by Gasteiger charge is -2.05. The molecule has 0 aliphatic heterocycles. The van der Waals surface area contributed by atoms with Gasteiger partial charge in [0.2, 0.25) is 0 Å². The zero-order chi connectivity index (χ0) is 18.6. The Morgan fingerprint density at radius 2 is 2.07 bits per heavy atom. The van der Waals surface area contributed by atoms with Gasteiger partial charge < -0.3 is 5.32 Å². The lowest BCUT2D eigenvalue weighted by atomic mass is 10.2. The van der Waals surface area contributed by atoms with E-state index in [0.29, 0.717) is 12.2 Å². The second-order valence-electron chi connectivity index (χ2n) is 6.97. The first-order valence-electron chi connectivity index (χ1n) is 9.58. The van der Waals surface area contributed by atoms with E-state index < -0.39 is 0 Å². The van der Waals surface area contributed by atoms with Gasteiger partial charge in [-0.1, -0.05) is 18.2 Å². The van der Waals surface area contributed by atoms with Crippen molar-refractivity contribution in [3.8, 4) is 5.69 Å². The molecule has 3 aromatic rings. The molecule has 5 nitrogen and oxygen atoms in total. The van der Waals surface area contributed by atoms with E-state index >= 15 is 0 Å². The van der Waals surface area contributed by atoms with Crippen molar-refractivity contribution in [3.05, 3.63) is 63.4 Å². The Labute approximate surface area is 163 Å². The number of rotatable bonds is 7. The minimum atomic E-state index is -0.0482. The van der Waals surface area contributed by atoms with Gasteiger partial charge in [0.25, 0.3) is 5.91 Å². The number of carbonyl (C=O) groups is 1. The van der Waals surface area contributed by atoms with Crippen LogP contribution < -0.4 is 5.32 Å². The van der Waals surface area contributed by atoms with Crippen LogP contribution in [0.4, 0.5) is 0 Å². The molecule has 0 radical (unpaired) electrons. The first-order chi connectivity index (χ1) is 13.2. The lowest BCUT2D eigenvalue weighted by molar-refractivity contribution is 0.0946. The van der Waals surface area contributed by atoms with Gasteiger partial charge in [0.05, 0.1) is 10.7 Å². The summed E-state index contributed by atoms with van der Waals surface area (Å²) < 4.78 is 1.95. The minimum absolute atomic E-state index is 0.0482. The molecule has 0 bridgehead atoms. The molecule has 6 heteroatoms. The van der Waals surface area contributed by atoms with E-state index in [1.807, 2.05) is 41.9 Å².